The molecule has 0 saturated carbocycles. The molecule has 0 fully saturated rings. The quantitative estimate of drug-likeness (QED) is 0.428. The molecule has 3 aromatic rings. The fraction of sp³-hybridized carbons (Fsp3) is 0. The van der Waals surface area contributed by atoms with Gasteiger partial charge in [0.1, 0.15) is 0 Å². The van der Waals surface area contributed by atoms with Crippen molar-refractivity contribution in [2.75, 3.05) is 4.72 Å². The average molecular weight is 448 g/mol. The van der Waals surface area contributed by atoms with Gasteiger partial charge in [-0.1, -0.05) is 53.5 Å². The normalized spacial score (nSPS) is 11.4. The van der Waals surface area contributed by atoms with Crippen molar-refractivity contribution in [1.82, 2.24) is 5.43 Å². The van der Waals surface area contributed by atoms with Crippen molar-refractivity contribution >= 4 is 51.0 Å². The number of amides is 1. The number of benzene rings is 3. The topological polar surface area (TPSA) is 87.6 Å². The fourth-order valence-electron chi connectivity index (χ4n) is 2.33. The van der Waals surface area contributed by atoms with Gasteiger partial charge in [0.05, 0.1) is 21.8 Å². The van der Waals surface area contributed by atoms with Crippen LogP contribution in [0.15, 0.2) is 82.8 Å². The molecule has 0 radical (unpaired) electrons. The number of nitrogens with one attached hydrogen (secondary N) is 2. The molecule has 0 bridgehead atoms. The van der Waals surface area contributed by atoms with E-state index in [1.807, 2.05) is 0 Å². The van der Waals surface area contributed by atoms with E-state index >= 15 is 0 Å². The Morgan fingerprint density at radius 3 is 2.38 bits per heavy atom. The second kappa shape index (κ2) is 9.09. The standard InChI is InChI=1S/C20H15Cl2N3O3S/c21-16-10-8-14(9-11-16)13-23-24-20(26)15-4-3-5-17(12-15)29(27,28)25-19-7-2-1-6-18(19)22/h1-13,25H,(H,24,26)/b23-13-. The van der Waals surface area contributed by atoms with Gasteiger partial charge in [-0.3, -0.25) is 9.52 Å². The Hall–Kier alpha value is -2.87. The number of nitrogens with zero attached hydrogens (tertiary/aromatic N) is 1. The van der Waals surface area contributed by atoms with E-state index < -0.39 is 15.9 Å². The number of sulfonamides is 1. The smallest absolute Gasteiger partial charge is 0.271 e. The van der Waals surface area contributed by atoms with Crippen LogP contribution in [0.3, 0.4) is 0 Å². The van der Waals surface area contributed by atoms with Gasteiger partial charge in [0.25, 0.3) is 15.9 Å². The summed E-state index contributed by atoms with van der Waals surface area (Å²) in [6.07, 6.45) is 1.45. The first-order chi connectivity index (χ1) is 13.8. The first-order valence-corrected chi connectivity index (χ1v) is 10.6. The lowest BCUT2D eigenvalue weighted by molar-refractivity contribution is 0.0955. The van der Waals surface area contributed by atoms with E-state index in [0.717, 1.165) is 5.56 Å². The van der Waals surface area contributed by atoms with Crippen LogP contribution in [0.25, 0.3) is 0 Å². The van der Waals surface area contributed by atoms with E-state index in [2.05, 4.69) is 15.2 Å². The largest absolute Gasteiger partial charge is 0.278 e. The van der Waals surface area contributed by atoms with Gasteiger partial charge in [-0.2, -0.15) is 5.10 Å². The molecular formula is C20H15Cl2N3O3S. The number of carbonyl (C=O) groups excluding carboxylic acids is 1. The second-order valence-corrected chi connectivity index (χ2v) is 8.39. The molecule has 3 aromatic carbocycles. The molecule has 0 heterocycles. The number of hydrogen-bond donors (Lipinski definition) is 2. The van der Waals surface area contributed by atoms with Gasteiger partial charge >= 0.3 is 0 Å². The lowest BCUT2D eigenvalue weighted by Gasteiger charge is -2.10. The van der Waals surface area contributed by atoms with E-state index in [-0.39, 0.29) is 21.2 Å². The first-order valence-electron chi connectivity index (χ1n) is 8.31. The predicted molar refractivity (Wildman–Crippen MR) is 115 cm³/mol. The summed E-state index contributed by atoms with van der Waals surface area (Å²) < 4.78 is 27.6. The molecule has 0 aliphatic heterocycles. The maximum absolute atomic E-state index is 12.6. The highest BCUT2D eigenvalue weighted by molar-refractivity contribution is 7.92. The highest BCUT2D eigenvalue weighted by atomic mass is 35.5. The number of halogens is 2. The summed E-state index contributed by atoms with van der Waals surface area (Å²) in [4.78, 5) is 12.2. The molecular weight excluding hydrogens is 433 g/mol. The van der Waals surface area contributed by atoms with E-state index in [1.165, 1.54) is 30.5 Å². The minimum Gasteiger partial charge on any atom is -0.278 e. The maximum Gasteiger partial charge on any atom is 0.271 e. The Bertz CT molecular complexity index is 1160. The van der Waals surface area contributed by atoms with Gasteiger partial charge in [-0.15, -0.1) is 0 Å². The Balaban J connectivity index is 1.73. The van der Waals surface area contributed by atoms with Gasteiger partial charge in [-0.05, 0) is 48.0 Å². The molecule has 0 aliphatic rings. The molecule has 6 nitrogen and oxygen atoms in total. The summed E-state index contributed by atoms with van der Waals surface area (Å²) in [6.45, 7) is 0. The van der Waals surface area contributed by atoms with Gasteiger partial charge < -0.3 is 0 Å². The van der Waals surface area contributed by atoms with Crippen LogP contribution in [-0.4, -0.2) is 20.5 Å². The number of carbonyl (C=O) groups is 1. The number of rotatable bonds is 6. The lowest BCUT2D eigenvalue weighted by Crippen LogP contribution is -2.19. The maximum atomic E-state index is 12.6. The molecule has 0 aromatic heterocycles. The molecule has 1 amide bonds. The predicted octanol–water partition coefficient (Wildman–Crippen LogP) is 4.56. The van der Waals surface area contributed by atoms with Crippen LogP contribution in [0.4, 0.5) is 5.69 Å². The van der Waals surface area contributed by atoms with Crippen LogP contribution >= 0.6 is 23.2 Å². The number of hydrazone groups is 1. The molecule has 9 heteroatoms. The molecule has 2 N–H and O–H groups in total. The third-order valence-corrected chi connectivity index (χ3v) is 5.72. The van der Waals surface area contributed by atoms with Gasteiger partial charge in [0, 0.05) is 10.6 Å². The molecule has 0 atom stereocenters. The lowest BCUT2D eigenvalue weighted by atomic mass is 10.2. The highest BCUT2D eigenvalue weighted by Gasteiger charge is 2.17. The summed E-state index contributed by atoms with van der Waals surface area (Å²) >= 11 is 11.8. The van der Waals surface area contributed by atoms with Crippen molar-refractivity contribution in [2.24, 2.45) is 5.10 Å². The van der Waals surface area contributed by atoms with Crippen molar-refractivity contribution in [1.29, 1.82) is 0 Å². The van der Waals surface area contributed by atoms with Crippen molar-refractivity contribution in [3.8, 4) is 0 Å². The van der Waals surface area contributed by atoms with Crippen LogP contribution in [0.1, 0.15) is 15.9 Å². The Labute approximate surface area is 178 Å². The number of anilines is 1. The van der Waals surface area contributed by atoms with Crippen LogP contribution in [0, 0.1) is 0 Å². The molecule has 0 aliphatic carbocycles. The van der Waals surface area contributed by atoms with Crippen molar-refractivity contribution < 1.29 is 13.2 Å². The summed E-state index contributed by atoms with van der Waals surface area (Å²) in [6, 6.07) is 18.9. The molecule has 0 spiro atoms. The summed E-state index contributed by atoms with van der Waals surface area (Å²) in [7, 11) is -3.92. The van der Waals surface area contributed by atoms with E-state index in [0.29, 0.717) is 5.02 Å². The van der Waals surface area contributed by atoms with Crippen LogP contribution < -0.4 is 10.1 Å². The monoisotopic (exact) mass is 447 g/mol. The summed E-state index contributed by atoms with van der Waals surface area (Å²) in [5.41, 5.74) is 3.49. The van der Waals surface area contributed by atoms with E-state index in [4.69, 9.17) is 23.2 Å². The molecule has 29 heavy (non-hydrogen) atoms. The minimum atomic E-state index is -3.92. The Morgan fingerprint density at radius 1 is 0.931 bits per heavy atom. The molecule has 0 saturated heterocycles. The summed E-state index contributed by atoms with van der Waals surface area (Å²) in [5.74, 6) is -0.551. The minimum absolute atomic E-state index is 0.0771. The zero-order chi connectivity index (χ0) is 20.9. The second-order valence-electron chi connectivity index (χ2n) is 5.86. The average Bonchev–Trinajstić information content (AvgIpc) is 2.71. The van der Waals surface area contributed by atoms with Crippen LogP contribution in [0.5, 0.6) is 0 Å². The van der Waals surface area contributed by atoms with E-state index in [1.54, 1.807) is 48.5 Å². The SMILES string of the molecule is O=C(N/N=C\c1ccc(Cl)cc1)c1cccc(S(=O)(=O)Nc2ccccc2Cl)c1. The van der Waals surface area contributed by atoms with E-state index in [9.17, 15) is 13.2 Å². The Morgan fingerprint density at radius 2 is 1.66 bits per heavy atom. The molecule has 148 valence electrons. The van der Waals surface area contributed by atoms with Gasteiger partial charge in [0.2, 0.25) is 0 Å². The highest BCUT2D eigenvalue weighted by Crippen LogP contribution is 2.24. The Kier molecular flexibility index (Phi) is 6.53. The number of para-hydroxylation sites is 1. The zero-order valence-electron chi connectivity index (χ0n) is 14.8. The fourth-order valence-corrected chi connectivity index (χ4v) is 3.82. The third-order valence-electron chi connectivity index (χ3n) is 3.77. The molecule has 0 unspecified atom stereocenters. The first kappa shape index (κ1) is 20.9. The summed E-state index contributed by atoms with van der Waals surface area (Å²) in [5, 5.41) is 4.73. The third kappa shape index (κ3) is 5.57. The van der Waals surface area contributed by atoms with Crippen LogP contribution in [0.2, 0.25) is 10.0 Å². The number of hydrogen-bond acceptors (Lipinski definition) is 4. The van der Waals surface area contributed by atoms with Gasteiger partial charge in [-0.25, -0.2) is 13.8 Å². The molecule has 3 rings (SSSR count). The van der Waals surface area contributed by atoms with Crippen molar-refractivity contribution in [3.63, 3.8) is 0 Å². The van der Waals surface area contributed by atoms with Crippen molar-refractivity contribution in [3.05, 3.63) is 94.0 Å². The van der Waals surface area contributed by atoms with Gasteiger partial charge in [0.15, 0.2) is 0 Å². The zero-order valence-corrected chi connectivity index (χ0v) is 17.2. The van der Waals surface area contributed by atoms with Crippen molar-refractivity contribution in [2.45, 2.75) is 4.90 Å². The van der Waals surface area contributed by atoms with Crippen LogP contribution in [-0.2, 0) is 10.0 Å².